The van der Waals surface area contributed by atoms with E-state index in [9.17, 15) is 4.79 Å². The maximum atomic E-state index is 12.6. The Balaban J connectivity index is 1.62. The molecule has 1 fully saturated rings. The molecule has 0 spiro atoms. The van der Waals surface area contributed by atoms with Crippen LogP contribution < -0.4 is 4.74 Å². The summed E-state index contributed by atoms with van der Waals surface area (Å²) in [6, 6.07) is 11.1. The quantitative estimate of drug-likeness (QED) is 0.790. The van der Waals surface area contributed by atoms with Gasteiger partial charge in [0.25, 0.3) is 5.91 Å². The molecule has 0 bridgehead atoms. The fraction of sp³-hybridized carbons (Fsp3) is 0.389. The highest BCUT2D eigenvalue weighted by atomic mass is 79.9. The van der Waals surface area contributed by atoms with Crippen molar-refractivity contribution in [1.29, 1.82) is 0 Å². The molecule has 0 saturated carbocycles. The zero-order chi connectivity index (χ0) is 17.1. The van der Waals surface area contributed by atoms with Gasteiger partial charge in [-0.1, -0.05) is 12.1 Å². The SMILES string of the molecule is C[C@H]1CN(C(=O)c2ccc(COc3ccccc3Br)o2)C[C@H](C)O1. The van der Waals surface area contributed by atoms with Crippen molar-refractivity contribution in [2.24, 2.45) is 0 Å². The molecule has 1 aliphatic rings. The third-order valence-electron chi connectivity index (χ3n) is 3.79. The van der Waals surface area contributed by atoms with Crippen molar-refractivity contribution >= 4 is 21.8 Å². The van der Waals surface area contributed by atoms with Crippen molar-refractivity contribution in [3.8, 4) is 5.75 Å². The number of rotatable bonds is 4. The lowest BCUT2D eigenvalue weighted by Gasteiger charge is -2.34. The number of para-hydroxylation sites is 1. The van der Waals surface area contributed by atoms with Gasteiger partial charge < -0.3 is 18.8 Å². The van der Waals surface area contributed by atoms with E-state index in [1.54, 1.807) is 17.0 Å². The van der Waals surface area contributed by atoms with Gasteiger partial charge in [0.15, 0.2) is 5.76 Å². The number of benzene rings is 1. The zero-order valence-electron chi connectivity index (χ0n) is 13.7. The first-order chi connectivity index (χ1) is 11.5. The van der Waals surface area contributed by atoms with Gasteiger partial charge in [-0.05, 0) is 54.0 Å². The van der Waals surface area contributed by atoms with Crippen molar-refractivity contribution in [2.45, 2.75) is 32.7 Å². The predicted molar refractivity (Wildman–Crippen MR) is 93.1 cm³/mol. The van der Waals surface area contributed by atoms with Gasteiger partial charge in [0.05, 0.1) is 16.7 Å². The molecule has 0 unspecified atom stereocenters. The van der Waals surface area contributed by atoms with Gasteiger partial charge in [-0.15, -0.1) is 0 Å². The van der Waals surface area contributed by atoms with Crippen molar-refractivity contribution in [3.05, 3.63) is 52.4 Å². The number of carbonyl (C=O) groups is 1. The summed E-state index contributed by atoms with van der Waals surface area (Å²) in [7, 11) is 0. The highest BCUT2D eigenvalue weighted by molar-refractivity contribution is 9.10. The number of halogens is 1. The second-order valence-corrected chi connectivity index (χ2v) is 6.81. The van der Waals surface area contributed by atoms with E-state index in [1.807, 2.05) is 38.1 Å². The number of carbonyl (C=O) groups excluding carboxylic acids is 1. The topological polar surface area (TPSA) is 51.9 Å². The van der Waals surface area contributed by atoms with Gasteiger partial charge >= 0.3 is 0 Å². The van der Waals surface area contributed by atoms with E-state index in [4.69, 9.17) is 13.9 Å². The molecule has 1 aromatic heterocycles. The summed E-state index contributed by atoms with van der Waals surface area (Å²) in [6.45, 7) is 5.36. The molecule has 1 saturated heterocycles. The number of hydrogen-bond donors (Lipinski definition) is 0. The van der Waals surface area contributed by atoms with E-state index in [1.165, 1.54) is 0 Å². The Morgan fingerprint density at radius 1 is 1.21 bits per heavy atom. The molecule has 2 aromatic rings. The number of nitrogens with zero attached hydrogens (tertiary/aromatic N) is 1. The van der Waals surface area contributed by atoms with Crippen LogP contribution in [0, 0.1) is 0 Å². The Bertz CT molecular complexity index is 705. The van der Waals surface area contributed by atoms with Crippen LogP contribution in [0.1, 0.15) is 30.2 Å². The summed E-state index contributed by atoms with van der Waals surface area (Å²) in [5.41, 5.74) is 0. The van der Waals surface area contributed by atoms with Gasteiger partial charge in [-0.2, -0.15) is 0 Å². The standard InChI is InChI=1S/C18H20BrNO4/c1-12-9-20(10-13(2)23-12)18(21)17-8-7-14(24-17)11-22-16-6-4-3-5-15(16)19/h3-8,12-13H,9-11H2,1-2H3/t12-,13-/m0/s1. The zero-order valence-corrected chi connectivity index (χ0v) is 15.3. The monoisotopic (exact) mass is 393 g/mol. The fourth-order valence-corrected chi connectivity index (χ4v) is 3.18. The molecule has 0 aliphatic carbocycles. The fourth-order valence-electron chi connectivity index (χ4n) is 2.78. The first-order valence-electron chi connectivity index (χ1n) is 7.93. The maximum absolute atomic E-state index is 12.6. The number of furan rings is 1. The molecule has 1 amide bonds. The Kier molecular flexibility index (Phi) is 5.26. The second-order valence-electron chi connectivity index (χ2n) is 5.95. The molecule has 3 rings (SSSR count). The minimum Gasteiger partial charge on any atom is -0.484 e. The lowest BCUT2D eigenvalue weighted by molar-refractivity contribution is -0.0592. The minimum atomic E-state index is -0.107. The molecule has 6 heteroatoms. The van der Waals surface area contributed by atoms with E-state index in [-0.39, 0.29) is 24.7 Å². The predicted octanol–water partition coefficient (Wildman–Crippen LogP) is 3.87. The lowest BCUT2D eigenvalue weighted by atomic mass is 10.2. The summed E-state index contributed by atoms with van der Waals surface area (Å²) < 4.78 is 17.9. The van der Waals surface area contributed by atoms with E-state index in [0.29, 0.717) is 24.6 Å². The first kappa shape index (κ1) is 17.0. The van der Waals surface area contributed by atoms with Crippen LogP contribution in [0.4, 0.5) is 0 Å². The molecule has 5 nitrogen and oxygen atoms in total. The molecule has 24 heavy (non-hydrogen) atoms. The van der Waals surface area contributed by atoms with Crippen molar-refractivity contribution in [3.63, 3.8) is 0 Å². The average Bonchev–Trinajstić information content (AvgIpc) is 3.01. The molecule has 2 heterocycles. The summed E-state index contributed by atoms with van der Waals surface area (Å²) in [4.78, 5) is 14.3. The van der Waals surface area contributed by atoms with Crippen LogP contribution >= 0.6 is 15.9 Å². The minimum absolute atomic E-state index is 0.0332. The van der Waals surface area contributed by atoms with Crippen molar-refractivity contribution in [1.82, 2.24) is 4.90 Å². The smallest absolute Gasteiger partial charge is 0.289 e. The Morgan fingerprint density at radius 2 is 1.92 bits per heavy atom. The van der Waals surface area contributed by atoms with Crippen LogP contribution in [0.3, 0.4) is 0 Å². The number of ether oxygens (including phenoxy) is 2. The molecule has 0 N–H and O–H groups in total. The normalized spacial score (nSPS) is 20.9. The van der Waals surface area contributed by atoms with E-state index < -0.39 is 0 Å². The molecule has 0 radical (unpaired) electrons. The Morgan fingerprint density at radius 3 is 2.62 bits per heavy atom. The second kappa shape index (κ2) is 7.40. The third-order valence-corrected chi connectivity index (χ3v) is 4.44. The number of hydrogen-bond acceptors (Lipinski definition) is 4. The molecule has 1 aromatic carbocycles. The van der Waals surface area contributed by atoms with E-state index in [2.05, 4.69) is 15.9 Å². The van der Waals surface area contributed by atoms with Gasteiger partial charge in [0, 0.05) is 13.1 Å². The van der Waals surface area contributed by atoms with Gasteiger partial charge in [-0.3, -0.25) is 4.79 Å². The lowest BCUT2D eigenvalue weighted by Crippen LogP contribution is -2.48. The van der Waals surface area contributed by atoms with Gasteiger partial charge in [-0.25, -0.2) is 0 Å². The van der Waals surface area contributed by atoms with Crippen LogP contribution in [-0.2, 0) is 11.3 Å². The largest absolute Gasteiger partial charge is 0.484 e. The highest BCUT2D eigenvalue weighted by Gasteiger charge is 2.28. The Hall–Kier alpha value is -1.79. The molecular weight excluding hydrogens is 374 g/mol. The summed E-state index contributed by atoms with van der Waals surface area (Å²) >= 11 is 3.43. The molecular formula is C18H20BrNO4. The summed E-state index contributed by atoms with van der Waals surface area (Å²) in [5, 5.41) is 0. The first-order valence-corrected chi connectivity index (χ1v) is 8.73. The Labute approximate surface area is 149 Å². The van der Waals surface area contributed by atoms with Crippen LogP contribution in [0.25, 0.3) is 0 Å². The third kappa shape index (κ3) is 3.99. The van der Waals surface area contributed by atoms with Gasteiger partial charge in [0.1, 0.15) is 18.1 Å². The van der Waals surface area contributed by atoms with Crippen molar-refractivity contribution < 1.29 is 18.7 Å². The molecule has 1 aliphatic heterocycles. The number of morpholine rings is 1. The van der Waals surface area contributed by atoms with Crippen LogP contribution in [0.15, 0.2) is 45.3 Å². The van der Waals surface area contributed by atoms with Crippen LogP contribution in [-0.4, -0.2) is 36.1 Å². The number of amides is 1. The highest BCUT2D eigenvalue weighted by Crippen LogP contribution is 2.25. The summed E-state index contributed by atoms with van der Waals surface area (Å²) in [5.74, 6) is 1.58. The average molecular weight is 394 g/mol. The van der Waals surface area contributed by atoms with Crippen LogP contribution in [0.5, 0.6) is 5.75 Å². The summed E-state index contributed by atoms with van der Waals surface area (Å²) in [6.07, 6.45) is 0.0665. The van der Waals surface area contributed by atoms with Gasteiger partial charge in [0.2, 0.25) is 0 Å². The van der Waals surface area contributed by atoms with Crippen LogP contribution in [0.2, 0.25) is 0 Å². The maximum Gasteiger partial charge on any atom is 0.289 e. The molecule has 128 valence electrons. The van der Waals surface area contributed by atoms with E-state index in [0.717, 1.165) is 10.2 Å². The van der Waals surface area contributed by atoms with Crippen molar-refractivity contribution in [2.75, 3.05) is 13.1 Å². The molecule has 2 atom stereocenters. The van der Waals surface area contributed by atoms with E-state index >= 15 is 0 Å².